The molecule has 0 bridgehead atoms. The van der Waals surface area contributed by atoms with Crippen LogP contribution in [0.3, 0.4) is 0 Å². The summed E-state index contributed by atoms with van der Waals surface area (Å²) in [6.45, 7) is 5.14. The van der Waals surface area contributed by atoms with Crippen molar-refractivity contribution in [2.24, 2.45) is 0 Å². The number of furan rings is 1. The molecule has 1 aromatic heterocycles. The second-order valence-electron chi connectivity index (χ2n) is 8.52. The summed E-state index contributed by atoms with van der Waals surface area (Å²) in [6.07, 6.45) is 6.23. The summed E-state index contributed by atoms with van der Waals surface area (Å²) in [4.78, 5) is 12.6. The Balaban J connectivity index is 1.58. The van der Waals surface area contributed by atoms with Crippen molar-refractivity contribution in [2.45, 2.75) is 69.5 Å². The van der Waals surface area contributed by atoms with Crippen LogP contribution in [0.25, 0.3) is 0 Å². The number of urea groups is 1. The van der Waals surface area contributed by atoms with E-state index in [0.717, 1.165) is 48.9 Å². The third kappa shape index (κ3) is 3.91. The number of nitrogens with one attached hydrogen (secondary N) is 2. The Labute approximate surface area is 170 Å². The summed E-state index contributed by atoms with van der Waals surface area (Å²) in [7, 11) is -4.20. The highest BCUT2D eigenvalue weighted by atomic mass is 32.2. The van der Waals surface area contributed by atoms with Gasteiger partial charge in [-0.05, 0) is 81.0 Å². The number of carbonyl (C=O) groups excluding carboxylic acids is 1. The van der Waals surface area contributed by atoms with E-state index in [1.807, 2.05) is 4.72 Å². The zero-order valence-electron chi connectivity index (χ0n) is 16.8. The molecule has 2 aromatic rings. The Morgan fingerprint density at radius 3 is 2.52 bits per heavy atom. The van der Waals surface area contributed by atoms with Gasteiger partial charge in [-0.3, -0.25) is 0 Å². The van der Waals surface area contributed by atoms with Gasteiger partial charge in [0.2, 0.25) is 5.09 Å². The quantitative estimate of drug-likeness (QED) is 0.686. The molecule has 4 rings (SSSR count). The molecule has 0 spiro atoms. The number of benzene rings is 1. The van der Waals surface area contributed by atoms with Gasteiger partial charge in [-0.2, -0.15) is 8.42 Å². The minimum atomic E-state index is -4.20. The average molecular weight is 419 g/mol. The molecule has 3 N–H and O–H groups in total. The molecular weight excluding hydrogens is 392 g/mol. The molecule has 1 saturated carbocycles. The number of aliphatic hydroxyl groups is 1. The van der Waals surface area contributed by atoms with Gasteiger partial charge in [-0.1, -0.05) is 6.07 Å². The predicted molar refractivity (Wildman–Crippen MR) is 108 cm³/mol. The standard InChI is InChI=1S/C21H26N2O5S/c1-12-9-17(13-7-8-13)19(16-6-4-5-15(12)16)22-20(24)23-29(26,27)18-10-14(11-28-18)21(2,3)25/h9-11,13,25H,4-8H2,1-3H3,(H2,22,23,24). The molecule has 2 amide bonds. The summed E-state index contributed by atoms with van der Waals surface area (Å²) in [5, 5.41) is 12.4. The van der Waals surface area contributed by atoms with Gasteiger partial charge >= 0.3 is 6.03 Å². The molecule has 2 aliphatic rings. The van der Waals surface area contributed by atoms with Crippen molar-refractivity contribution in [3.63, 3.8) is 0 Å². The molecule has 7 nitrogen and oxygen atoms in total. The number of sulfonamides is 1. The van der Waals surface area contributed by atoms with Crippen molar-refractivity contribution in [1.82, 2.24) is 4.72 Å². The first kappa shape index (κ1) is 20.0. The monoisotopic (exact) mass is 418 g/mol. The average Bonchev–Trinajstić information content (AvgIpc) is 3.11. The molecule has 8 heteroatoms. The van der Waals surface area contributed by atoms with Crippen molar-refractivity contribution in [3.8, 4) is 0 Å². The van der Waals surface area contributed by atoms with Crippen molar-refractivity contribution in [1.29, 1.82) is 0 Å². The summed E-state index contributed by atoms with van der Waals surface area (Å²) in [5.41, 5.74) is 4.54. The Morgan fingerprint density at radius 2 is 1.90 bits per heavy atom. The first-order valence-electron chi connectivity index (χ1n) is 9.86. The van der Waals surface area contributed by atoms with Gasteiger partial charge in [0.25, 0.3) is 10.0 Å². The molecule has 0 unspecified atom stereocenters. The fourth-order valence-corrected chi connectivity index (χ4v) is 4.83. The molecule has 1 aromatic carbocycles. The lowest BCUT2D eigenvalue weighted by molar-refractivity contribution is 0.0779. The van der Waals surface area contributed by atoms with Crippen LogP contribution >= 0.6 is 0 Å². The maximum atomic E-state index is 12.6. The van der Waals surface area contributed by atoms with Crippen LogP contribution in [0.15, 0.2) is 27.9 Å². The smallest absolute Gasteiger partial charge is 0.333 e. The summed E-state index contributed by atoms with van der Waals surface area (Å²) in [5.74, 6) is 0.422. The van der Waals surface area contributed by atoms with Crippen LogP contribution in [0.2, 0.25) is 0 Å². The molecular formula is C21H26N2O5S. The van der Waals surface area contributed by atoms with E-state index in [2.05, 4.69) is 18.3 Å². The van der Waals surface area contributed by atoms with E-state index in [0.29, 0.717) is 11.5 Å². The van der Waals surface area contributed by atoms with Crippen LogP contribution in [0.1, 0.15) is 66.8 Å². The van der Waals surface area contributed by atoms with Gasteiger partial charge in [0.15, 0.2) is 0 Å². The minimum absolute atomic E-state index is 0.311. The number of rotatable bonds is 5. The van der Waals surface area contributed by atoms with Crippen molar-refractivity contribution >= 4 is 21.7 Å². The highest BCUT2D eigenvalue weighted by Crippen LogP contribution is 2.47. The van der Waals surface area contributed by atoms with Gasteiger partial charge in [0, 0.05) is 17.3 Å². The normalized spacial score (nSPS) is 16.6. The summed E-state index contributed by atoms with van der Waals surface area (Å²) in [6, 6.07) is 2.54. The molecule has 29 heavy (non-hydrogen) atoms. The lowest BCUT2D eigenvalue weighted by Gasteiger charge is -2.18. The SMILES string of the molecule is Cc1cc(C2CC2)c(NC(=O)NS(=O)(=O)c2cc(C(C)(C)O)co2)c2c1CCC2. The number of aryl methyl sites for hydroxylation is 1. The Hall–Kier alpha value is -2.32. The lowest BCUT2D eigenvalue weighted by atomic mass is 9.95. The number of carbonyl (C=O) groups is 1. The van der Waals surface area contributed by atoms with Gasteiger partial charge in [-0.15, -0.1) is 0 Å². The molecule has 1 heterocycles. The van der Waals surface area contributed by atoms with Crippen LogP contribution in [0.4, 0.5) is 10.5 Å². The maximum Gasteiger partial charge on any atom is 0.333 e. The van der Waals surface area contributed by atoms with Crippen molar-refractivity contribution < 1.29 is 22.7 Å². The van der Waals surface area contributed by atoms with Crippen molar-refractivity contribution in [2.75, 3.05) is 5.32 Å². The number of hydrogen-bond donors (Lipinski definition) is 3. The van der Waals surface area contributed by atoms with Gasteiger partial charge in [0.05, 0.1) is 11.9 Å². The number of amides is 2. The minimum Gasteiger partial charge on any atom is -0.451 e. The van der Waals surface area contributed by atoms with Gasteiger partial charge in [0.1, 0.15) is 0 Å². The Bertz CT molecular complexity index is 1080. The van der Waals surface area contributed by atoms with E-state index in [-0.39, 0.29) is 0 Å². The highest BCUT2D eigenvalue weighted by molar-refractivity contribution is 7.89. The predicted octanol–water partition coefficient (Wildman–Crippen LogP) is 3.69. The van der Waals surface area contributed by atoms with E-state index >= 15 is 0 Å². The number of anilines is 1. The molecule has 0 aliphatic heterocycles. The van der Waals surface area contributed by atoms with Crippen molar-refractivity contribution in [3.05, 3.63) is 46.2 Å². The Morgan fingerprint density at radius 1 is 1.21 bits per heavy atom. The topological polar surface area (TPSA) is 109 Å². The van der Waals surface area contributed by atoms with Crippen LogP contribution in [0.5, 0.6) is 0 Å². The second kappa shape index (κ2) is 6.88. The zero-order chi connectivity index (χ0) is 21.0. The first-order chi connectivity index (χ1) is 13.6. The highest BCUT2D eigenvalue weighted by Gasteiger charge is 2.32. The van der Waals surface area contributed by atoms with E-state index in [1.165, 1.54) is 37.3 Å². The maximum absolute atomic E-state index is 12.6. The first-order valence-corrected chi connectivity index (χ1v) is 11.3. The molecule has 0 atom stereocenters. The van der Waals surface area contributed by atoms with Gasteiger partial charge in [-0.25, -0.2) is 9.52 Å². The fraction of sp³-hybridized carbons (Fsp3) is 0.476. The summed E-state index contributed by atoms with van der Waals surface area (Å²) < 4.78 is 32.2. The largest absolute Gasteiger partial charge is 0.451 e. The second-order valence-corrected chi connectivity index (χ2v) is 10.1. The number of fused-ring (bicyclic) bond motifs is 1. The van der Waals surface area contributed by atoms with E-state index in [9.17, 15) is 18.3 Å². The molecule has 2 aliphatic carbocycles. The third-order valence-electron chi connectivity index (χ3n) is 5.69. The van der Waals surface area contributed by atoms with E-state index in [4.69, 9.17) is 4.42 Å². The molecule has 1 fully saturated rings. The summed E-state index contributed by atoms with van der Waals surface area (Å²) >= 11 is 0. The Kier molecular flexibility index (Phi) is 4.74. The number of hydrogen-bond acceptors (Lipinski definition) is 5. The van der Waals surface area contributed by atoms with Gasteiger partial charge < -0.3 is 14.8 Å². The van der Waals surface area contributed by atoms with E-state index in [1.54, 1.807) is 0 Å². The van der Waals surface area contributed by atoms with Crippen LogP contribution in [0, 0.1) is 6.92 Å². The molecule has 156 valence electrons. The molecule has 0 saturated heterocycles. The van der Waals surface area contributed by atoms with Crippen LogP contribution in [-0.2, 0) is 28.5 Å². The van der Waals surface area contributed by atoms with Crippen LogP contribution < -0.4 is 10.0 Å². The van der Waals surface area contributed by atoms with E-state index < -0.39 is 26.7 Å². The lowest BCUT2D eigenvalue weighted by Crippen LogP contribution is -2.34. The molecule has 0 radical (unpaired) electrons. The zero-order valence-corrected chi connectivity index (χ0v) is 17.6. The third-order valence-corrected chi connectivity index (χ3v) is 6.88. The fourth-order valence-electron chi connectivity index (χ4n) is 3.98. The van der Waals surface area contributed by atoms with Crippen LogP contribution in [-0.4, -0.2) is 19.6 Å².